The minimum Gasteiger partial charge on any atom is -0.371 e. The van der Waals surface area contributed by atoms with Gasteiger partial charge in [0.25, 0.3) is 5.56 Å². The number of pyridine rings is 1. The van der Waals surface area contributed by atoms with Crippen LogP contribution in [0.25, 0.3) is 17.2 Å². The monoisotopic (exact) mass is 439 g/mol. The van der Waals surface area contributed by atoms with Crippen molar-refractivity contribution in [2.45, 2.75) is 37.0 Å². The van der Waals surface area contributed by atoms with Crippen LogP contribution in [0.1, 0.15) is 36.8 Å². The zero-order valence-corrected chi connectivity index (χ0v) is 19.2. The van der Waals surface area contributed by atoms with Crippen molar-refractivity contribution < 1.29 is 8.42 Å². The van der Waals surface area contributed by atoms with Crippen LogP contribution >= 0.6 is 0 Å². The molecule has 0 amide bonds. The highest BCUT2D eigenvalue weighted by Gasteiger charge is 2.44. The molecule has 31 heavy (non-hydrogen) atoms. The molecule has 5 rings (SSSR count). The first-order valence-corrected chi connectivity index (χ1v) is 12.4. The number of hydrogen-bond acceptors (Lipinski definition) is 4. The number of nitrogens with zero attached hydrogens (tertiary/aromatic N) is 3. The third-order valence-electron chi connectivity index (χ3n) is 7.28. The summed E-state index contributed by atoms with van der Waals surface area (Å²) < 4.78 is 28.7. The minimum absolute atomic E-state index is 0.0102. The lowest BCUT2D eigenvalue weighted by molar-refractivity contribution is 0.384. The molecule has 0 radical (unpaired) electrons. The van der Waals surface area contributed by atoms with E-state index in [1.54, 1.807) is 37.8 Å². The molecular weight excluding hydrogens is 410 g/mol. The van der Waals surface area contributed by atoms with Crippen LogP contribution in [0.4, 0.5) is 5.69 Å². The van der Waals surface area contributed by atoms with Gasteiger partial charge in [-0.15, -0.1) is 0 Å². The Morgan fingerprint density at radius 3 is 2.39 bits per heavy atom. The van der Waals surface area contributed by atoms with Crippen molar-refractivity contribution >= 4 is 21.8 Å². The summed E-state index contributed by atoms with van der Waals surface area (Å²) in [6.45, 7) is 1.97. The highest BCUT2D eigenvalue weighted by molar-refractivity contribution is 7.89. The quantitative estimate of drug-likeness (QED) is 0.734. The van der Waals surface area contributed by atoms with Crippen LogP contribution in [0.3, 0.4) is 0 Å². The molecule has 1 saturated carbocycles. The molecule has 0 N–H and O–H groups in total. The topological polar surface area (TPSA) is 62.6 Å². The molecule has 1 saturated heterocycles. The number of allylic oxidation sites excluding steroid dienone is 1. The molecule has 2 fully saturated rings. The molecule has 2 heterocycles. The highest BCUT2D eigenvalue weighted by Crippen LogP contribution is 2.54. The molecule has 6 nitrogen and oxygen atoms in total. The summed E-state index contributed by atoms with van der Waals surface area (Å²) in [5.41, 5.74) is 5.12. The third kappa shape index (κ3) is 3.34. The molecule has 3 aliphatic rings. The number of fused-ring (bicyclic) bond motifs is 1. The summed E-state index contributed by atoms with van der Waals surface area (Å²) in [7, 11) is 1.30. The number of hydrogen-bond donors (Lipinski definition) is 0. The number of aromatic nitrogens is 1. The van der Waals surface area contributed by atoms with Crippen molar-refractivity contribution in [3.8, 4) is 11.1 Å². The van der Waals surface area contributed by atoms with E-state index in [4.69, 9.17) is 0 Å². The van der Waals surface area contributed by atoms with E-state index in [0.717, 1.165) is 41.0 Å². The fraction of sp³-hybridized carbons (Fsp3) is 0.458. The normalized spacial score (nSPS) is 19.3. The van der Waals surface area contributed by atoms with E-state index in [1.165, 1.54) is 30.0 Å². The maximum atomic E-state index is 12.9. The molecule has 2 aliphatic carbocycles. The molecule has 7 heteroatoms. The summed E-state index contributed by atoms with van der Waals surface area (Å²) in [6.07, 6.45) is 11.5. The van der Waals surface area contributed by atoms with Gasteiger partial charge >= 0.3 is 0 Å². The number of rotatable bonds is 4. The van der Waals surface area contributed by atoms with Crippen molar-refractivity contribution in [3.05, 3.63) is 52.0 Å². The first-order chi connectivity index (χ1) is 14.7. The smallest absolute Gasteiger partial charge is 0.254 e. The zero-order chi connectivity index (χ0) is 22.0. The molecular formula is C24H29N3O3S. The molecule has 2 aromatic rings. The van der Waals surface area contributed by atoms with Crippen molar-refractivity contribution in [1.29, 1.82) is 0 Å². The standard InChI is InChI=1S/C24H29N3O3S/c1-25(2)31(29,30)17-7-8-22(27-13-11-24(9-10-24)12-14-27)20(15-17)21-16-26(3)23(28)19-6-4-5-18(19)21/h4-5,7-8,15-16H,6,9-14H2,1-3H3. The molecule has 0 bridgehead atoms. The molecule has 0 atom stereocenters. The maximum Gasteiger partial charge on any atom is 0.254 e. The van der Waals surface area contributed by atoms with Crippen molar-refractivity contribution in [3.63, 3.8) is 0 Å². The van der Waals surface area contributed by atoms with Gasteiger partial charge < -0.3 is 9.47 Å². The van der Waals surface area contributed by atoms with E-state index < -0.39 is 10.0 Å². The Bertz CT molecular complexity index is 1240. The summed E-state index contributed by atoms with van der Waals surface area (Å²) in [5.74, 6) is 0. The van der Waals surface area contributed by atoms with Gasteiger partial charge in [0.05, 0.1) is 4.90 Å². The van der Waals surface area contributed by atoms with E-state index in [9.17, 15) is 13.2 Å². The van der Waals surface area contributed by atoms with E-state index in [-0.39, 0.29) is 10.5 Å². The van der Waals surface area contributed by atoms with Gasteiger partial charge in [0.2, 0.25) is 10.0 Å². The zero-order valence-electron chi connectivity index (χ0n) is 18.4. The third-order valence-corrected chi connectivity index (χ3v) is 9.09. The van der Waals surface area contributed by atoms with Crippen molar-refractivity contribution in [2.24, 2.45) is 12.5 Å². The Kier molecular flexibility index (Phi) is 4.68. The summed E-state index contributed by atoms with van der Waals surface area (Å²) in [6, 6.07) is 5.46. The number of benzene rings is 1. The van der Waals surface area contributed by atoms with Gasteiger partial charge in [0, 0.05) is 62.8 Å². The van der Waals surface area contributed by atoms with Gasteiger partial charge in [-0.05, 0) is 61.3 Å². The van der Waals surface area contributed by atoms with Crippen LogP contribution in [0.2, 0.25) is 0 Å². The van der Waals surface area contributed by atoms with Crippen LogP contribution < -0.4 is 10.5 Å². The summed E-state index contributed by atoms with van der Waals surface area (Å²) in [4.78, 5) is 15.3. The van der Waals surface area contributed by atoms with E-state index >= 15 is 0 Å². The van der Waals surface area contributed by atoms with Gasteiger partial charge in [-0.1, -0.05) is 12.2 Å². The highest BCUT2D eigenvalue weighted by atomic mass is 32.2. The van der Waals surface area contributed by atoms with Crippen LogP contribution in [0, 0.1) is 5.41 Å². The predicted octanol–water partition coefficient (Wildman–Crippen LogP) is 3.25. The van der Waals surface area contributed by atoms with Gasteiger partial charge in [0.15, 0.2) is 0 Å². The number of anilines is 1. The second-order valence-electron chi connectivity index (χ2n) is 9.41. The van der Waals surface area contributed by atoms with Gasteiger partial charge in [-0.2, -0.15) is 0 Å². The molecule has 1 aromatic heterocycles. The number of piperidine rings is 1. The largest absolute Gasteiger partial charge is 0.371 e. The Labute approximate surface area is 183 Å². The second-order valence-corrected chi connectivity index (χ2v) is 11.6. The lowest BCUT2D eigenvalue weighted by Crippen LogP contribution is -2.35. The first-order valence-electron chi connectivity index (χ1n) is 10.9. The maximum absolute atomic E-state index is 12.9. The van der Waals surface area contributed by atoms with Gasteiger partial charge in [-0.25, -0.2) is 12.7 Å². The SMILES string of the molecule is CN(C)S(=O)(=O)c1ccc(N2CCC3(CC2)CC3)c(-c2cn(C)c(=O)c3c2C=CC3)c1. The van der Waals surface area contributed by atoms with Gasteiger partial charge in [0.1, 0.15) is 0 Å². The molecule has 1 spiro atoms. The van der Waals surface area contributed by atoms with Crippen LogP contribution in [0.5, 0.6) is 0 Å². The summed E-state index contributed by atoms with van der Waals surface area (Å²) in [5, 5.41) is 0. The summed E-state index contributed by atoms with van der Waals surface area (Å²) >= 11 is 0. The van der Waals surface area contributed by atoms with E-state index in [2.05, 4.69) is 4.90 Å². The Morgan fingerprint density at radius 1 is 1.03 bits per heavy atom. The second kappa shape index (κ2) is 7.07. The number of aryl methyl sites for hydroxylation is 1. The van der Waals surface area contributed by atoms with E-state index in [0.29, 0.717) is 11.8 Å². The minimum atomic E-state index is -3.57. The molecule has 164 valence electrons. The van der Waals surface area contributed by atoms with Crippen LogP contribution in [-0.4, -0.2) is 44.5 Å². The van der Waals surface area contributed by atoms with Gasteiger partial charge in [-0.3, -0.25) is 4.79 Å². The fourth-order valence-corrected chi connectivity index (χ4v) is 5.91. The van der Waals surface area contributed by atoms with Crippen molar-refractivity contribution in [1.82, 2.24) is 8.87 Å². The average Bonchev–Trinajstić information content (AvgIpc) is 3.31. The molecule has 1 aromatic carbocycles. The Hall–Kier alpha value is -2.38. The lowest BCUT2D eigenvalue weighted by atomic mass is 9.92. The van der Waals surface area contributed by atoms with Crippen LogP contribution in [-0.2, 0) is 23.5 Å². The lowest BCUT2D eigenvalue weighted by Gasteiger charge is -2.35. The molecule has 0 unspecified atom stereocenters. The van der Waals surface area contributed by atoms with E-state index in [1.807, 2.05) is 24.4 Å². The Balaban J connectivity index is 1.69. The Morgan fingerprint density at radius 2 is 1.74 bits per heavy atom. The van der Waals surface area contributed by atoms with Crippen LogP contribution in [0.15, 0.2) is 40.2 Å². The molecule has 1 aliphatic heterocycles. The van der Waals surface area contributed by atoms with Crippen molar-refractivity contribution in [2.75, 3.05) is 32.1 Å². The number of sulfonamides is 1. The average molecular weight is 440 g/mol. The fourth-order valence-electron chi connectivity index (χ4n) is 4.99. The predicted molar refractivity (Wildman–Crippen MR) is 124 cm³/mol. The first kappa shape index (κ1) is 20.5.